The number of carbonyl (C=O) groups excluding carboxylic acids is 1. The number of nitrogens with zero attached hydrogens (tertiary/aromatic N) is 1. The maximum atomic E-state index is 12.4. The van der Waals surface area contributed by atoms with Crippen LogP contribution in [0.3, 0.4) is 0 Å². The Morgan fingerprint density at radius 1 is 1.33 bits per heavy atom. The van der Waals surface area contributed by atoms with Crippen LogP contribution < -0.4 is 5.32 Å². The Morgan fingerprint density at radius 3 is 2.48 bits per heavy atom. The number of rotatable bonds is 7. The van der Waals surface area contributed by atoms with E-state index in [1.54, 1.807) is 23.7 Å². The Labute approximate surface area is 131 Å². The fourth-order valence-electron chi connectivity index (χ4n) is 3.01. The lowest BCUT2D eigenvalue weighted by Crippen LogP contribution is -2.56. The first-order valence-corrected chi connectivity index (χ1v) is 9.06. The SMILES string of the molecule is CSCCC(C)NC(=O)N(C)C1(CC(=O)O)CCCCC1. The highest BCUT2D eigenvalue weighted by Gasteiger charge is 2.40. The molecular formula is C15H28N2O3S. The number of carbonyl (C=O) groups is 2. The lowest BCUT2D eigenvalue weighted by Gasteiger charge is -2.44. The molecule has 1 aliphatic carbocycles. The van der Waals surface area contributed by atoms with Crippen LogP contribution in [0.25, 0.3) is 0 Å². The molecule has 0 aromatic heterocycles. The van der Waals surface area contributed by atoms with Crippen LogP contribution in [0.2, 0.25) is 0 Å². The van der Waals surface area contributed by atoms with Crippen molar-refractivity contribution < 1.29 is 14.7 Å². The Bertz CT molecular complexity index is 357. The van der Waals surface area contributed by atoms with Gasteiger partial charge in [-0.3, -0.25) is 4.79 Å². The van der Waals surface area contributed by atoms with E-state index in [0.717, 1.165) is 44.3 Å². The number of thioether (sulfide) groups is 1. The summed E-state index contributed by atoms with van der Waals surface area (Å²) in [5.41, 5.74) is -0.520. The minimum absolute atomic E-state index is 0.0378. The van der Waals surface area contributed by atoms with Gasteiger partial charge in [-0.2, -0.15) is 11.8 Å². The van der Waals surface area contributed by atoms with Crippen molar-refractivity contribution in [3.63, 3.8) is 0 Å². The number of urea groups is 1. The Morgan fingerprint density at radius 2 is 1.95 bits per heavy atom. The Balaban J connectivity index is 2.68. The molecule has 2 amide bonds. The summed E-state index contributed by atoms with van der Waals surface area (Å²) in [6, 6.07) is -0.0374. The third-order valence-electron chi connectivity index (χ3n) is 4.41. The minimum Gasteiger partial charge on any atom is -0.481 e. The second-order valence-electron chi connectivity index (χ2n) is 6.05. The Kier molecular flexibility index (Phi) is 7.35. The van der Waals surface area contributed by atoms with Gasteiger partial charge in [-0.1, -0.05) is 19.3 Å². The molecule has 0 saturated heterocycles. The van der Waals surface area contributed by atoms with Gasteiger partial charge >= 0.3 is 12.0 Å². The molecule has 1 rings (SSSR count). The lowest BCUT2D eigenvalue weighted by atomic mass is 9.78. The Hall–Kier alpha value is -0.910. The summed E-state index contributed by atoms with van der Waals surface area (Å²) in [7, 11) is 1.74. The molecular weight excluding hydrogens is 288 g/mol. The summed E-state index contributed by atoms with van der Waals surface area (Å²) in [5, 5.41) is 12.2. The number of carboxylic acid groups (broad SMARTS) is 1. The van der Waals surface area contributed by atoms with E-state index in [4.69, 9.17) is 0 Å². The molecule has 0 aromatic rings. The molecule has 0 spiro atoms. The van der Waals surface area contributed by atoms with Crippen molar-refractivity contribution in [1.82, 2.24) is 10.2 Å². The van der Waals surface area contributed by atoms with E-state index in [9.17, 15) is 14.7 Å². The first-order chi connectivity index (χ1) is 9.91. The largest absolute Gasteiger partial charge is 0.481 e. The number of hydrogen-bond donors (Lipinski definition) is 2. The van der Waals surface area contributed by atoms with Crippen LogP contribution in [-0.4, -0.2) is 52.6 Å². The summed E-state index contributed by atoms with van der Waals surface area (Å²) < 4.78 is 0. The third kappa shape index (κ3) is 5.41. The van der Waals surface area contributed by atoms with Gasteiger partial charge in [0.05, 0.1) is 12.0 Å². The van der Waals surface area contributed by atoms with Crippen LogP contribution in [0.15, 0.2) is 0 Å². The van der Waals surface area contributed by atoms with E-state index < -0.39 is 11.5 Å². The highest BCUT2D eigenvalue weighted by Crippen LogP contribution is 2.35. The van der Waals surface area contributed by atoms with Crippen LogP contribution >= 0.6 is 11.8 Å². The van der Waals surface area contributed by atoms with E-state index in [-0.39, 0.29) is 18.5 Å². The summed E-state index contributed by atoms with van der Waals surface area (Å²) in [6.07, 6.45) is 7.68. The topological polar surface area (TPSA) is 69.6 Å². The number of aliphatic carboxylic acids is 1. The number of hydrogen-bond acceptors (Lipinski definition) is 3. The normalized spacial score (nSPS) is 18.8. The van der Waals surface area contributed by atoms with E-state index in [1.165, 1.54) is 0 Å². The molecule has 1 aliphatic rings. The highest BCUT2D eigenvalue weighted by molar-refractivity contribution is 7.98. The average molecular weight is 316 g/mol. The van der Waals surface area contributed by atoms with Gasteiger partial charge in [0.2, 0.25) is 0 Å². The van der Waals surface area contributed by atoms with E-state index in [2.05, 4.69) is 5.32 Å². The molecule has 21 heavy (non-hydrogen) atoms. The molecule has 0 bridgehead atoms. The molecule has 122 valence electrons. The maximum absolute atomic E-state index is 12.4. The van der Waals surface area contributed by atoms with Crippen molar-refractivity contribution >= 4 is 23.8 Å². The van der Waals surface area contributed by atoms with Gasteiger partial charge in [-0.25, -0.2) is 4.79 Å². The summed E-state index contributed by atoms with van der Waals surface area (Å²) in [6.45, 7) is 1.99. The van der Waals surface area contributed by atoms with Crippen molar-refractivity contribution in [2.24, 2.45) is 0 Å². The quantitative estimate of drug-likeness (QED) is 0.757. The summed E-state index contributed by atoms with van der Waals surface area (Å²) in [5.74, 6) is 0.179. The molecule has 0 aromatic carbocycles. The smallest absolute Gasteiger partial charge is 0.317 e. The van der Waals surface area contributed by atoms with Crippen molar-refractivity contribution in [3.8, 4) is 0 Å². The van der Waals surface area contributed by atoms with Gasteiger partial charge in [-0.15, -0.1) is 0 Å². The molecule has 5 nitrogen and oxygen atoms in total. The third-order valence-corrected chi connectivity index (χ3v) is 5.05. The molecule has 2 N–H and O–H groups in total. The van der Waals surface area contributed by atoms with Crippen LogP contribution in [0, 0.1) is 0 Å². The summed E-state index contributed by atoms with van der Waals surface area (Å²) in [4.78, 5) is 25.3. The van der Waals surface area contributed by atoms with E-state index >= 15 is 0 Å². The molecule has 1 unspecified atom stereocenters. The van der Waals surface area contributed by atoms with Crippen molar-refractivity contribution in [2.45, 2.75) is 63.5 Å². The predicted octanol–water partition coefficient (Wildman–Crippen LogP) is 2.95. The zero-order chi connectivity index (χ0) is 15.9. The molecule has 1 atom stereocenters. The zero-order valence-corrected chi connectivity index (χ0v) is 14.2. The summed E-state index contributed by atoms with van der Waals surface area (Å²) >= 11 is 1.76. The minimum atomic E-state index is -0.827. The first-order valence-electron chi connectivity index (χ1n) is 7.66. The second kappa shape index (κ2) is 8.51. The lowest BCUT2D eigenvalue weighted by molar-refractivity contribution is -0.140. The zero-order valence-electron chi connectivity index (χ0n) is 13.4. The molecule has 6 heteroatoms. The second-order valence-corrected chi connectivity index (χ2v) is 7.03. The highest BCUT2D eigenvalue weighted by atomic mass is 32.2. The first kappa shape index (κ1) is 18.1. The van der Waals surface area contributed by atoms with Gasteiger partial charge in [0.1, 0.15) is 0 Å². The molecule has 1 fully saturated rings. The average Bonchev–Trinajstić information content (AvgIpc) is 2.44. The number of nitrogens with one attached hydrogen (secondary N) is 1. The molecule has 1 saturated carbocycles. The predicted molar refractivity (Wildman–Crippen MR) is 86.8 cm³/mol. The van der Waals surface area contributed by atoms with E-state index in [0.29, 0.717) is 0 Å². The molecule has 0 heterocycles. The van der Waals surface area contributed by atoms with Crippen LogP contribution in [-0.2, 0) is 4.79 Å². The number of amides is 2. The molecule has 0 radical (unpaired) electrons. The fraction of sp³-hybridized carbons (Fsp3) is 0.867. The number of carboxylic acids is 1. The van der Waals surface area contributed by atoms with Gasteiger partial charge in [0.15, 0.2) is 0 Å². The monoisotopic (exact) mass is 316 g/mol. The van der Waals surface area contributed by atoms with E-state index in [1.807, 2.05) is 13.2 Å². The molecule has 0 aliphatic heterocycles. The van der Waals surface area contributed by atoms with Gasteiger partial charge in [0, 0.05) is 13.1 Å². The van der Waals surface area contributed by atoms with Crippen molar-refractivity contribution in [2.75, 3.05) is 19.1 Å². The van der Waals surface area contributed by atoms with Gasteiger partial charge in [0.25, 0.3) is 0 Å². The van der Waals surface area contributed by atoms with Crippen LogP contribution in [0.4, 0.5) is 4.79 Å². The van der Waals surface area contributed by atoms with Crippen molar-refractivity contribution in [1.29, 1.82) is 0 Å². The van der Waals surface area contributed by atoms with Gasteiger partial charge < -0.3 is 15.3 Å². The van der Waals surface area contributed by atoms with Crippen molar-refractivity contribution in [3.05, 3.63) is 0 Å². The van der Waals surface area contributed by atoms with Crippen LogP contribution in [0.1, 0.15) is 51.9 Å². The maximum Gasteiger partial charge on any atom is 0.317 e. The van der Waals surface area contributed by atoms with Crippen LogP contribution in [0.5, 0.6) is 0 Å². The fourth-order valence-corrected chi connectivity index (χ4v) is 3.60. The van der Waals surface area contributed by atoms with Gasteiger partial charge in [-0.05, 0) is 38.2 Å². The standard InChI is InChI=1S/C15H28N2O3S/c1-12(7-10-21-3)16-14(20)17(2)15(11-13(18)19)8-5-4-6-9-15/h12H,4-11H2,1-3H3,(H,16,20)(H,18,19).